The molecule has 94 valence electrons. The fourth-order valence-corrected chi connectivity index (χ4v) is 1.33. The van der Waals surface area contributed by atoms with Crippen molar-refractivity contribution in [1.29, 1.82) is 0 Å². The number of pyridine rings is 1. The SMILES string of the molecule is Cc1nc(CNc2cc(C(=O)O)c(N)cn2)no1. The lowest BCUT2D eigenvalue weighted by Crippen LogP contribution is -2.07. The minimum Gasteiger partial charge on any atom is -0.478 e. The average Bonchev–Trinajstić information content (AvgIpc) is 2.74. The summed E-state index contributed by atoms with van der Waals surface area (Å²) in [5.41, 5.74) is 5.60. The number of nitrogens with zero attached hydrogens (tertiary/aromatic N) is 3. The zero-order valence-corrected chi connectivity index (χ0v) is 9.54. The molecule has 0 aliphatic carbocycles. The molecule has 0 amide bonds. The van der Waals surface area contributed by atoms with Crippen LogP contribution in [-0.4, -0.2) is 26.2 Å². The fourth-order valence-electron chi connectivity index (χ4n) is 1.33. The van der Waals surface area contributed by atoms with Crippen molar-refractivity contribution in [3.63, 3.8) is 0 Å². The Bertz CT molecular complexity index is 581. The molecular formula is C10H11N5O3. The van der Waals surface area contributed by atoms with Crippen LogP contribution in [0.5, 0.6) is 0 Å². The summed E-state index contributed by atoms with van der Waals surface area (Å²) >= 11 is 0. The number of hydrogen-bond acceptors (Lipinski definition) is 7. The Labute approximate surface area is 102 Å². The van der Waals surface area contributed by atoms with Gasteiger partial charge in [-0.1, -0.05) is 5.16 Å². The lowest BCUT2D eigenvalue weighted by Gasteiger charge is -2.05. The van der Waals surface area contributed by atoms with E-state index in [1.54, 1.807) is 6.92 Å². The number of carboxylic acid groups (broad SMARTS) is 1. The van der Waals surface area contributed by atoms with Crippen molar-refractivity contribution in [2.24, 2.45) is 0 Å². The first-order chi connectivity index (χ1) is 8.56. The van der Waals surface area contributed by atoms with Crippen molar-refractivity contribution in [3.05, 3.63) is 29.5 Å². The first-order valence-electron chi connectivity index (χ1n) is 5.08. The molecule has 0 radical (unpaired) electrons. The van der Waals surface area contributed by atoms with Gasteiger partial charge in [-0.15, -0.1) is 0 Å². The number of nitrogen functional groups attached to an aromatic ring is 1. The van der Waals surface area contributed by atoms with Crippen molar-refractivity contribution in [3.8, 4) is 0 Å². The Morgan fingerprint density at radius 2 is 2.39 bits per heavy atom. The van der Waals surface area contributed by atoms with Crippen LogP contribution in [0, 0.1) is 6.92 Å². The van der Waals surface area contributed by atoms with Crippen molar-refractivity contribution < 1.29 is 14.4 Å². The highest BCUT2D eigenvalue weighted by molar-refractivity contribution is 5.94. The molecule has 0 atom stereocenters. The largest absolute Gasteiger partial charge is 0.478 e. The fraction of sp³-hybridized carbons (Fsp3) is 0.200. The molecule has 0 aliphatic heterocycles. The third kappa shape index (κ3) is 2.54. The van der Waals surface area contributed by atoms with Gasteiger partial charge in [0.15, 0.2) is 5.82 Å². The maximum absolute atomic E-state index is 10.9. The van der Waals surface area contributed by atoms with Gasteiger partial charge in [0.1, 0.15) is 5.82 Å². The molecule has 0 saturated heterocycles. The Kier molecular flexibility index (Phi) is 3.09. The van der Waals surface area contributed by atoms with Gasteiger partial charge in [-0.05, 0) is 6.07 Å². The summed E-state index contributed by atoms with van der Waals surface area (Å²) < 4.78 is 4.80. The number of anilines is 2. The second-order valence-corrected chi connectivity index (χ2v) is 3.55. The van der Waals surface area contributed by atoms with E-state index in [4.69, 9.17) is 15.4 Å². The van der Waals surface area contributed by atoms with E-state index in [9.17, 15) is 4.79 Å². The summed E-state index contributed by atoms with van der Waals surface area (Å²) in [6.07, 6.45) is 1.28. The molecule has 0 aliphatic rings. The van der Waals surface area contributed by atoms with Crippen molar-refractivity contribution in [2.45, 2.75) is 13.5 Å². The van der Waals surface area contributed by atoms with Gasteiger partial charge < -0.3 is 20.7 Å². The van der Waals surface area contributed by atoms with E-state index in [-0.39, 0.29) is 17.8 Å². The minimum atomic E-state index is -1.10. The Hall–Kier alpha value is -2.64. The molecule has 0 aromatic carbocycles. The van der Waals surface area contributed by atoms with Crippen LogP contribution in [0.15, 0.2) is 16.8 Å². The predicted molar refractivity (Wildman–Crippen MR) is 62.0 cm³/mol. The van der Waals surface area contributed by atoms with Gasteiger partial charge in [0.2, 0.25) is 5.89 Å². The smallest absolute Gasteiger partial charge is 0.337 e. The zero-order chi connectivity index (χ0) is 13.1. The summed E-state index contributed by atoms with van der Waals surface area (Å²) in [4.78, 5) is 18.8. The average molecular weight is 249 g/mol. The van der Waals surface area contributed by atoms with Gasteiger partial charge in [-0.25, -0.2) is 9.78 Å². The third-order valence-corrected chi connectivity index (χ3v) is 2.16. The minimum absolute atomic E-state index is 0.00297. The topological polar surface area (TPSA) is 127 Å². The Morgan fingerprint density at radius 1 is 1.61 bits per heavy atom. The molecule has 2 heterocycles. The van der Waals surface area contributed by atoms with Crippen molar-refractivity contribution in [1.82, 2.24) is 15.1 Å². The number of nitrogens with two attached hydrogens (primary N) is 1. The predicted octanol–water partition coefficient (Wildman–Crippen LogP) is 0.666. The molecule has 0 bridgehead atoms. The molecule has 8 nitrogen and oxygen atoms in total. The molecule has 2 aromatic rings. The van der Waals surface area contributed by atoms with E-state index in [1.807, 2.05) is 0 Å². The summed E-state index contributed by atoms with van der Waals surface area (Å²) in [6, 6.07) is 1.35. The Balaban J connectivity index is 2.10. The highest BCUT2D eigenvalue weighted by atomic mass is 16.5. The molecule has 2 aromatic heterocycles. The highest BCUT2D eigenvalue weighted by Gasteiger charge is 2.10. The molecule has 4 N–H and O–H groups in total. The van der Waals surface area contributed by atoms with E-state index in [1.165, 1.54) is 12.3 Å². The number of aromatic carboxylic acids is 1. The second-order valence-electron chi connectivity index (χ2n) is 3.55. The van der Waals surface area contributed by atoms with Gasteiger partial charge in [-0.3, -0.25) is 0 Å². The monoisotopic (exact) mass is 249 g/mol. The standard InChI is InChI=1S/C10H11N5O3/c1-5-14-9(15-18-5)4-13-8-2-6(10(16)17)7(11)3-12-8/h2-3H,4,11H2,1H3,(H,12,13)(H,16,17). The van der Waals surface area contributed by atoms with Crippen LogP contribution in [0.1, 0.15) is 22.1 Å². The van der Waals surface area contributed by atoms with E-state index < -0.39 is 5.97 Å². The van der Waals surface area contributed by atoms with E-state index in [0.29, 0.717) is 17.5 Å². The van der Waals surface area contributed by atoms with Gasteiger partial charge in [0.05, 0.1) is 24.0 Å². The Morgan fingerprint density at radius 3 is 3.00 bits per heavy atom. The third-order valence-electron chi connectivity index (χ3n) is 2.16. The summed E-state index contributed by atoms with van der Waals surface area (Å²) in [6.45, 7) is 1.97. The van der Waals surface area contributed by atoms with Crippen LogP contribution in [-0.2, 0) is 6.54 Å². The van der Waals surface area contributed by atoms with Crippen LogP contribution in [0.3, 0.4) is 0 Å². The summed E-state index contributed by atoms with van der Waals surface area (Å²) in [7, 11) is 0. The van der Waals surface area contributed by atoms with Crippen molar-refractivity contribution in [2.75, 3.05) is 11.1 Å². The van der Waals surface area contributed by atoms with Crippen LogP contribution < -0.4 is 11.1 Å². The van der Waals surface area contributed by atoms with Crippen LogP contribution in [0.4, 0.5) is 11.5 Å². The second kappa shape index (κ2) is 4.70. The normalized spacial score (nSPS) is 10.3. The summed E-state index contributed by atoms with van der Waals surface area (Å²) in [5.74, 6) is 0.198. The number of nitrogens with one attached hydrogen (secondary N) is 1. The molecule has 0 fully saturated rings. The van der Waals surface area contributed by atoms with Crippen LogP contribution in [0.25, 0.3) is 0 Å². The number of aryl methyl sites for hydroxylation is 1. The number of hydrogen-bond donors (Lipinski definition) is 3. The van der Waals surface area contributed by atoms with E-state index in [0.717, 1.165) is 0 Å². The first kappa shape index (κ1) is 11.8. The quantitative estimate of drug-likeness (QED) is 0.721. The van der Waals surface area contributed by atoms with E-state index >= 15 is 0 Å². The molecule has 0 saturated carbocycles. The van der Waals surface area contributed by atoms with Crippen LogP contribution >= 0.6 is 0 Å². The maximum Gasteiger partial charge on any atom is 0.337 e. The van der Waals surface area contributed by atoms with Crippen molar-refractivity contribution >= 4 is 17.5 Å². The molecule has 18 heavy (non-hydrogen) atoms. The first-order valence-corrected chi connectivity index (χ1v) is 5.08. The lowest BCUT2D eigenvalue weighted by molar-refractivity contribution is 0.0698. The number of carboxylic acids is 1. The van der Waals surface area contributed by atoms with Gasteiger partial charge in [0, 0.05) is 6.92 Å². The molecule has 8 heteroatoms. The zero-order valence-electron chi connectivity index (χ0n) is 9.54. The number of rotatable bonds is 4. The highest BCUT2D eigenvalue weighted by Crippen LogP contribution is 2.15. The molecule has 0 spiro atoms. The summed E-state index contributed by atoms with van der Waals surface area (Å²) in [5, 5.41) is 15.5. The molecule has 0 unspecified atom stereocenters. The number of aromatic nitrogens is 3. The van der Waals surface area contributed by atoms with Gasteiger partial charge in [0.25, 0.3) is 0 Å². The lowest BCUT2D eigenvalue weighted by atomic mass is 10.2. The van der Waals surface area contributed by atoms with Gasteiger partial charge >= 0.3 is 5.97 Å². The van der Waals surface area contributed by atoms with Crippen LogP contribution in [0.2, 0.25) is 0 Å². The molecule has 2 rings (SSSR count). The number of carbonyl (C=O) groups is 1. The van der Waals surface area contributed by atoms with E-state index in [2.05, 4.69) is 20.4 Å². The maximum atomic E-state index is 10.9. The van der Waals surface area contributed by atoms with Gasteiger partial charge in [-0.2, -0.15) is 4.98 Å². The molecular weight excluding hydrogens is 238 g/mol.